The summed E-state index contributed by atoms with van der Waals surface area (Å²) in [6, 6.07) is 8.55. The van der Waals surface area contributed by atoms with E-state index in [1.54, 1.807) is 0 Å². The maximum absolute atomic E-state index is 14.6. The van der Waals surface area contributed by atoms with Gasteiger partial charge in [-0.1, -0.05) is 18.2 Å². The largest absolute Gasteiger partial charge is 0.516 e. The van der Waals surface area contributed by atoms with Crippen LogP contribution in [-0.4, -0.2) is 31.3 Å². The minimum atomic E-state index is -5.50. The number of nitrogens with zero attached hydrogens (tertiary/aromatic N) is 1. The van der Waals surface area contributed by atoms with Gasteiger partial charge in [0.15, 0.2) is 0 Å². The number of carbonyl (C=O) groups is 1. The molecule has 5 nitrogen and oxygen atoms in total. The van der Waals surface area contributed by atoms with Crippen LogP contribution in [0.15, 0.2) is 36.4 Å². The highest BCUT2D eigenvalue weighted by Crippen LogP contribution is 2.41. The van der Waals surface area contributed by atoms with Gasteiger partial charge in [0.2, 0.25) is 0 Å². The molecule has 2 aromatic carbocycles. The quantitative estimate of drug-likeness (QED) is 0.707. The lowest BCUT2D eigenvalue weighted by Gasteiger charge is -2.29. The molecule has 160 valence electrons. The molecule has 1 aliphatic carbocycles. The lowest BCUT2D eigenvalue weighted by atomic mass is 9.94. The normalized spacial score (nSPS) is 17.1. The zero-order valence-electron chi connectivity index (χ0n) is 15.7. The number of anilines is 1. The van der Waals surface area contributed by atoms with Gasteiger partial charge in [-0.05, 0) is 60.1 Å². The Kier molecular flexibility index (Phi) is 5.00. The molecule has 2 aromatic rings. The average molecular weight is 442 g/mol. The number of alkyl halides is 3. The molecule has 30 heavy (non-hydrogen) atoms. The second kappa shape index (κ2) is 7.26. The predicted molar refractivity (Wildman–Crippen MR) is 102 cm³/mol. The minimum Gasteiger partial charge on any atom is -0.334 e. The summed E-state index contributed by atoms with van der Waals surface area (Å²) in [6.45, 7) is 0.524. The Hall–Kier alpha value is -2.62. The van der Waals surface area contributed by atoms with Crippen LogP contribution in [0.4, 0.5) is 23.2 Å². The lowest BCUT2D eigenvalue weighted by molar-refractivity contribution is -0.0429. The molecule has 0 saturated heterocycles. The first-order valence-electron chi connectivity index (χ1n) is 9.35. The number of hydrogen-bond acceptors (Lipinski definition) is 3. The van der Waals surface area contributed by atoms with Crippen molar-refractivity contribution >= 4 is 21.6 Å². The van der Waals surface area contributed by atoms with Crippen molar-refractivity contribution in [1.82, 2.24) is 4.90 Å². The van der Waals surface area contributed by atoms with Gasteiger partial charge in [-0.2, -0.15) is 21.6 Å². The number of amides is 1. The SMILES string of the molecule is O=C1c2c(F)cc(C3CC3)cc2CCN1Cc1ccc(NS(=O)(=O)C(F)(F)F)cc1. The van der Waals surface area contributed by atoms with Crippen LogP contribution in [0.25, 0.3) is 0 Å². The van der Waals surface area contributed by atoms with E-state index < -0.39 is 27.3 Å². The lowest BCUT2D eigenvalue weighted by Crippen LogP contribution is -2.37. The predicted octanol–water partition coefficient (Wildman–Crippen LogP) is 4.16. The Bertz CT molecular complexity index is 1090. The van der Waals surface area contributed by atoms with Gasteiger partial charge in [0, 0.05) is 18.8 Å². The fraction of sp³-hybridized carbons (Fsp3) is 0.350. The van der Waals surface area contributed by atoms with Gasteiger partial charge in [-0.3, -0.25) is 9.52 Å². The summed E-state index contributed by atoms with van der Waals surface area (Å²) in [7, 11) is -5.50. The second-order valence-corrected chi connectivity index (χ2v) is 9.21. The van der Waals surface area contributed by atoms with Crippen LogP contribution in [0.1, 0.15) is 45.8 Å². The van der Waals surface area contributed by atoms with Gasteiger partial charge in [-0.25, -0.2) is 4.39 Å². The van der Waals surface area contributed by atoms with Gasteiger partial charge >= 0.3 is 15.5 Å². The van der Waals surface area contributed by atoms with E-state index in [1.807, 2.05) is 6.07 Å². The maximum atomic E-state index is 14.6. The molecule has 10 heteroatoms. The topological polar surface area (TPSA) is 66.5 Å². The van der Waals surface area contributed by atoms with E-state index in [9.17, 15) is 30.8 Å². The zero-order chi connectivity index (χ0) is 21.7. The van der Waals surface area contributed by atoms with Gasteiger partial charge in [-0.15, -0.1) is 0 Å². The van der Waals surface area contributed by atoms with E-state index >= 15 is 0 Å². The summed E-state index contributed by atoms with van der Waals surface area (Å²) in [4.78, 5) is 14.2. The number of sulfonamides is 1. The molecular formula is C20H18F4N2O3S. The van der Waals surface area contributed by atoms with Crippen LogP contribution >= 0.6 is 0 Å². The van der Waals surface area contributed by atoms with E-state index in [0.717, 1.165) is 18.4 Å². The van der Waals surface area contributed by atoms with Crippen molar-refractivity contribution in [3.63, 3.8) is 0 Å². The molecule has 1 N–H and O–H groups in total. The number of fused-ring (bicyclic) bond motifs is 1. The number of halogens is 4. The maximum Gasteiger partial charge on any atom is 0.516 e. The molecule has 0 bridgehead atoms. The molecule has 2 aliphatic rings. The number of hydrogen-bond donors (Lipinski definition) is 1. The van der Waals surface area contributed by atoms with Crippen LogP contribution in [0.2, 0.25) is 0 Å². The molecule has 0 unspecified atom stereocenters. The average Bonchev–Trinajstić information content (AvgIpc) is 3.49. The minimum absolute atomic E-state index is 0.0696. The summed E-state index contributed by atoms with van der Waals surface area (Å²) in [5, 5.41) is 0. The van der Waals surface area contributed by atoms with E-state index in [4.69, 9.17) is 0 Å². The molecular weight excluding hydrogens is 424 g/mol. The van der Waals surface area contributed by atoms with Gasteiger partial charge in [0.05, 0.1) is 5.56 Å². The molecule has 1 heterocycles. The van der Waals surface area contributed by atoms with Crippen molar-refractivity contribution in [2.75, 3.05) is 11.3 Å². The molecule has 4 rings (SSSR count). The molecule has 0 spiro atoms. The Morgan fingerprint density at radius 3 is 2.37 bits per heavy atom. The summed E-state index contributed by atoms with van der Waals surface area (Å²) >= 11 is 0. The Morgan fingerprint density at radius 1 is 1.10 bits per heavy atom. The van der Waals surface area contributed by atoms with E-state index in [0.29, 0.717) is 30.0 Å². The molecule has 0 radical (unpaired) electrons. The summed E-state index contributed by atoms with van der Waals surface area (Å²) in [5.74, 6) is -0.579. The number of nitrogens with one attached hydrogen (secondary N) is 1. The van der Waals surface area contributed by atoms with Crippen molar-refractivity contribution < 1.29 is 30.8 Å². The van der Waals surface area contributed by atoms with Crippen LogP contribution in [0.3, 0.4) is 0 Å². The van der Waals surface area contributed by atoms with Crippen LogP contribution in [0, 0.1) is 5.82 Å². The second-order valence-electron chi connectivity index (χ2n) is 7.54. The molecule has 0 aromatic heterocycles. The van der Waals surface area contributed by atoms with Crippen LogP contribution < -0.4 is 4.72 Å². The van der Waals surface area contributed by atoms with E-state index in [2.05, 4.69) is 0 Å². The van der Waals surface area contributed by atoms with Crippen molar-refractivity contribution in [2.45, 2.75) is 37.2 Å². The molecule has 0 atom stereocenters. The van der Waals surface area contributed by atoms with Crippen molar-refractivity contribution in [3.8, 4) is 0 Å². The van der Waals surface area contributed by atoms with Gasteiger partial charge in [0.1, 0.15) is 5.82 Å². The first-order chi connectivity index (χ1) is 14.0. The smallest absolute Gasteiger partial charge is 0.334 e. The highest BCUT2D eigenvalue weighted by molar-refractivity contribution is 7.93. The molecule has 1 aliphatic heterocycles. The first-order valence-corrected chi connectivity index (χ1v) is 10.8. The highest BCUT2D eigenvalue weighted by atomic mass is 32.2. The number of carbonyl (C=O) groups excluding carboxylic acids is 1. The molecule has 1 fully saturated rings. The van der Waals surface area contributed by atoms with Gasteiger partial charge < -0.3 is 4.90 Å². The van der Waals surface area contributed by atoms with E-state index in [1.165, 1.54) is 40.0 Å². The Labute approximate surface area is 170 Å². The standard InChI is InChI=1S/C20H18F4N2O3S/c21-17-10-15(13-3-4-13)9-14-7-8-26(19(27)18(14)17)11-12-1-5-16(6-2-12)25-30(28,29)20(22,23)24/h1-2,5-6,9-10,13,25H,3-4,7-8,11H2. The summed E-state index contributed by atoms with van der Waals surface area (Å²) in [5.41, 5.74) is -3.37. The fourth-order valence-corrected chi connectivity index (χ4v) is 4.12. The van der Waals surface area contributed by atoms with Crippen LogP contribution in [0.5, 0.6) is 0 Å². The van der Waals surface area contributed by atoms with Crippen molar-refractivity contribution in [3.05, 3.63) is 64.5 Å². The van der Waals surface area contributed by atoms with Crippen molar-refractivity contribution in [2.24, 2.45) is 0 Å². The highest BCUT2D eigenvalue weighted by Gasteiger charge is 2.46. The zero-order valence-corrected chi connectivity index (χ0v) is 16.5. The number of rotatable bonds is 5. The van der Waals surface area contributed by atoms with E-state index in [-0.39, 0.29) is 17.8 Å². The fourth-order valence-electron chi connectivity index (χ4n) is 3.55. The first kappa shape index (κ1) is 20.6. The van der Waals surface area contributed by atoms with Crippen LogP contribution in [-0.2, 0) is 23.0 Å². The third-order valence-electron chi connectivity index (χ3n) is 5.28. The Balaban J connectivity index is 1.47. The van der Waals surface area contributed by atoms with Gasteiger partial charge in [0.25, 0.3) is 5.91 Å². The third kappa shape index (κ3) is 4.00. The summed E-state index contributed by atoms with van der Waals surface area (Å²) in [6.07, 6.45) is 2.59. The molecule has 1 saturated carbocycles. The third-order valence-corrected chi connectivity index (χ3v) is 6.39. The number of benzene rings is 2. The Morgan fingerprint density at radius 2 is 1.77 bits per heavy atom. The summed E-state index contributed by atoms with van der Waals surface area (Å²) < 4.78 is 75.7. The van der Waals surface area contributed by atoms with Crippen molar-refractivity contribution in [1.29, 1.82) is 0 Å². The molecule has 1 amide bonds. The monoisotopic (exact) mass is 442 g/mol.